The molecule has 0 atom stereocenters. The molecule has 0 aliphatic rings. The number of aryl methyl sites for hydroxylation is 2. The zero-order valence-electron chi connectivity index (χ0n) is 14.3. The van der Waals surface area contributed by atoms with Crippen molar-refractivity contribution in [2.24, 2.45) is 10.2 Å². The first kappa shape index (κ1) is 16.7. The molecule has 3 aromatic carbocycles. The topological polar surface area (TPSA) is 54.2 Å². The van der Waals surface area contributed by atoms with Crippen LogP contribution in [0.5, 0.6) is 11.5 Å². The van der Waals surface area contributed by atoms with Gasteiger partial charge in [-0.3, -0.25) is 0 Å². The van der Waals surface area contributed by atoms with E-state index in [0.717, 1.165) is 16.8 Å². The molecule has 0 aromatic heterocycles. The van der Waals surface area contributed by atoms with E-state index in [4.69, 9.17) is 4.74 Å². The third-order valence-corrected chi connectivity index (χ3v) is 3.81. The Kier molecular flexibility index (Phi) is 5.09. The predicted octanol–water partition coefficient (Wildman–Crippen LogP) is 6.00. The number of ether oxygens (including phenoxy) is 1. The van der Waals surface area contributed by atoms with Crippen molar-refractivity contribution in [3.05, 3.63) is 83.4 Å². The number of nitrogens with zero attached hydrogens (tertiary/aromatic N) is 2. The average Bonchev–Trinajstić information content (AvgIpc) is 2.62. The largest absolute Gasteiger partial charge is 0.506 e. The van der Waals surface area contributed by atoms with E-state index in [2.05, 4.69) is 10.2 Å². The van der Waals surface area contributed by atoms with Crippen LogP contribution in [0.1, 0.15) is 16.7 Å². The normalized spacial score (nSPS) is 11.0. The maximum atomic E-state index is 10.0. The lowest BCUT2D eigenvalue weighted by atomic mass is 10.1. The van der Waals surface area contributed by atoms with Crippen molar-refractivity contribution in [2.45, 2.75) is 20.5 Å². The van der Waals surface area contributed by atoms with E-state index in [-0.39, 0.29) is 5.75 Å². The summed E-state index contributed by atoms with van der Waals surface area (Å²) in [5.74, 6) is 0.705. The molecule has 3 aromatic rings. The second-order valence-electron chi connectivity index (χ2n) is 5.91. The van der Waals surface area contributed by atoms with Gasteiger partial charge in [-0.1, -0.05) is 48.0 Å². The molecule has 0 unspecified atom stereocenters. The smallest absolute Gasteiger partial charge is 0.143 e. The fourth-order valence-electron chi connectivity index (χ4n) is 2.44. The first-order valence-electron chi connectivity index (χ1n) is 8.10. The molecule has 0 bridgehead atoms. The van der Waals surface area contributed by atoms with E-state index >= 15 is 0 Å². The summed E-state index contributed by atoms with van der Waals surface area (Å²) in [4.78, 5) is 0. The van der Waals surface area contributed by atoms with Crippen molar-refractivity contribution in [3.63, 3.8) is 0 Å². The zero-order valence-corrected chi connectivity index (χ0v) is 14.3. The molecular formula is C21H20N2O2. The Morgan fingerprint density at radius 2 is 1.60 bits per heavy atom. The van der Waals surface area contributed by atoms with Gasteiger partial charge in [0.2, 0.25) is 0 Å². The molecule has 0 aliphatic carbocycles. The minimum Gasteiger partial charge on any atom is -0.506 e. The van der Waals surface area contributed by atoms with Gasteiger partial charge in [-0.05, 0) is 43.2 Å². The van der Waals surface area contributed by atoms with E-state index in [1.807, 2.05) is 62.4 Å². The van der Waals surface area contributed by atoms with E-state index in [1.54, 1.807) is 18.2 Å². The zero-order chi connectivity index (χ0) is 17.6. The second kappa shape index (κ2) is 7.62. The first-order valence-corrected chi connectivity index (χ1v) is 8.10. The summed E-state index contributed by atoms with van der Waals surface area (Å²) in [6.45, 7) is 4.48. The van der Waals surface area contributed by atoms with Crippen molar-refractivity contribution >= 4 is 11.4 Å². The Hall–Kier alpha value is -3.14. The number of phenols is 1. The summed E-state index contributed by atoms with van der Waals surface area (Å²) in [6, 6.07) is 20.8. The highest BCUT2D eigenvalue weighted by Crippen LogP contribution is 2.33. The van der Waals surface area contributed by atoms with Gasteiger partial charge in [-0.15, -0.1) is 5.11 Å². The Morgan fingerprint density at radius 1 is 0.840 bits per heavy atom. The average molecular weight is 332 g/mol. The van der Waals surface area contributed by atoms with Gasteiger partial charge in [-0.2, -0.15) is 5.11 Å². The molecule has 0 radical (unpaired) electrons. The quantitative estimate of drug-likeness (QED) is 0.582. The first-order chi connectivity index (χ1) is 12.1. The van der Waals surface area contributed by atoms with E-state index in [1.165, 1.54) is 5.56 Å². The SMILES string of the molecule is Cc1ccc(N=Nc2cc(OCc3ccccc3)ccc2O)c(C)c1. The highest BCUT2D eigenvalue weighted by Gasteiger charge is 2.04. The molecule has 0 saturated heterocycles. The summed E-state index contributed by atoms with van der Waals surface area (Å²) in [6.07, 6.45) is 0. The number of azo groups is 1. The third-order valence-electron chi connectivity index (χ3n) is 3.81. The van der Waals surface area contributed by atoms with Crippen LogP contribution in [-0.2, 0) is 6.61 Å². The van der Waals surface area contributed by atoms with Crippen LogP contribution in [0.15, 0.2) is 77.0 Å². The number of aromatic hydroxyl groups is 1. The highest BCUT2D eigenvalue weighted by atomic mass is 16.5. The summed E-state index contributed by atoms with van der Waals surface area (Å²) < 4.78 is 5.77. The van der Waals surface area contributed by atoms with Crippen molar-refractivity contribution in [2.75, 3.05) is 0 Å². The molecule has 4 nitrogen and oxygen atoms in total. The van der Waals surface area contributed by atoms with Crippen molar-refractivity contribution in [1.29, 1.82) is 0 Å². The number of hydrogen-bond acceptors (Lipinski definition) is 4. The molecule has 0 heterocycles. The van der Waals surface area contributed by atoms with Crippen molar-refractivity contribution in [3.8, 4) is 11.5 Å². The van der Waals surface area contributed by atoms with Crippen LogP contribution >= 0.6 is 0 Å². The molecule has 0 fully saturated rings. The minimum absolute atomic E-state index is 0.0700. The van der Waals surface area contributed by atoms with Gasteiger partial charge >= 0.3 is 0 Å². The Balaban J connectivity index is 1.76. The minimum atomic E-state index is 0.0700. The number of benzene rings is 3. The maximum absolute atomic E-state index is 10.0. The fourth-order valence-corrected chi connectivity index (χ4v) is 2.44. The Labute approximate surface area is 147 Å². The summed E-state index contributed by atoms with van der Waals surface area (Å²) in [5, 5.41) is 18.4. The summed E-state index contributed by atoms with van der Waals surface area (Å²) >= 11 is 0. The van der Waals surface area contributed by atoms with Crippen LogP contribution < -0.4 is 4.74 Å². The van der Waals surface area contributed by atoms with Crippen LogP contribution in [0, 0.1) is 13.8 Å². The molecule has 0 spiro atoms. The molecule has 126 valence electrons. The monoisotopic (exact) mass is 332 g/mol. The van der Waals surface area contributed by atoms with Crippen LogP contribution in [0.25, 0.3) is 0 Å². The summed E-state index contributed by atoms with van der Waals surface area (Å²) in [5.41, 5.74) is 4.45. The predicted molar refractivity (Wildman–Crippen MR) is 99.0 cm³/mol. The van der Waals surface area contributed by atoms with E-state index < -0.39 is 0 Å². The fraction of sp³-hybridized carbons (Fsp3) is 0.143. The Bertz CT molecular complexity index is 890. The molecule has 25 heavy (non-hydrogen) atoms. The highest BCUT2D eigenvalue weighted by molar-refractivity contribution is 5.55. The van der Waals surface area contributed by atoms with E-state index in [9.17, 15) is 5.11 Å². The van der Waals surface area contributed by atoms with Gasteiger partial charge in [0, 0.05) is 6.07 Å². The van der Waals surface area contributed by atoms with Gasteiger partial charge in [0.15, 0.2) is 0 Å². The lowest BCUT2D eigenvalue weighted by molar-refractivity contribution is 0.306. The van der Waals surface area contributed by atoms with Gasteiger partial charge in [0.05, 0.1) is 5.69 Å². The molecule has 3 rings (SSSR count). The molecule has 0 aliphatic heterocycles. The van der Waals surface area contributed by atoms with Gasteiger partial charge in [0.25, 0.3) is 0 Å². The third kappa shape index (κ3) is 4.44. The standard InChI is InChI=1S/C21H20N2O2/c1-15-8-10-19(16(2)12-15)22-23-20-13-18(9-11-21(20)24)25-14-17-6-4-3-5-7-17/h3-13,24H,14H2,1-2H3. The van der Waals surface area contributed by atoms with Gasteiger partial charge < -0.3 is 9.84 Å². The Morgan fingerprint density at radius 3 is 2.36 bits per heavy atom. The van der Waals surface area contributed by atoms with Gasteiger partial charge in [0.1, 0.15) is 23.8 Å². The molecule has 4 heteroatoms. The number of phenolic OH excluding ortho intramolecular Hbond substituents is 1. The van der Waals surface area contributed by atoms with Crippen LogP contribution in [0.2, 0.25) is 0 Å². The van der Waals surface area contributed by atoms with E-state index in [0.29, 0.717) is 18.0 Å². The van der Waals surface area contributed by atoms with Gasteiger partial charge in [-0.25, -0.2) is 0 Å². The molecule has 0 amide bonds. The van der Waals surface area contributed by atoms with Crippen LogP contribution in [0.3, 0.4) is 0 Å². The number of hydrogen-bond donors (Lipinski definition) is 1. The number of rotatable bonds is 5. The van der Waals surface area contributed by atoms with Crippen molar-refractivity contribution < 1.29 is 9.84 Å². The lowest BCUT2D eigenvalue weighted by Crippen LogP contribution is -1.94. The molecular weight excluding hydrogens is 312 g/mol. The van der Waals surface area contributed by atoms with Crippen molar-refractivity contribution in [1.82, 2.24) is 0 Å². The molecule has 1 N–H and O–H groups in total. The van der Waals surface area contributed by atoms with Crippen LogP contribution in [0.4, 0.5) is 11.4 Å². The van der Waals surface area contributed by atoms with Crippen LogP contribution in [-0.4, -0.2) is 5.11 Å². The second-order valence-corrected chi connectivity index (χ2v) is 5.91. The molecule has 0 saturated carbocycles. The lowest BCUT2D eigenvalue weighted by Gasteiger charge is -2.07. The maximum Gasteiger partial charge on any atom is 0.143 e. The summed E-state index contributed by atoms with van der Waals surface area (Å²) in [7, 11) is 0.